The molecule has 2 amide bonds. The quantitative estimate of drug-likeness (QED) is 0.715. The third-order valence-electron chi connectivity index (χ3n) is 3.43. The Bertz CT molecular complexity index is 887. The van der Waals surface area contributed by atoms with Crippen LogP contribution in [0, 0.1) is 11.3 Å². The Labute approximate surface area is 155 Å². The van der Waals surface area contributed by atoms with Gasteiger partial charge in [-0.3, -0.25) is 9.59 Å². The number of benzene rings is 2. The summed E-state index contributed by atoms with van der Waals surface area (Å²) in [6.07, 6.45) is -1.07. The zero-order valence-corrected chi connectivity index (χ0v) is 14.5. The number of amides is 2. The average molecular weight is 367 g/mol. The fraction of sp³-hybridized carbons (Fsp3) is 0.158. The number of nitrogens with one attached hydrogen (secondary N) is 1. The van der Waals surface area contributed by atoms with Gasteiger partial charge >= 0.3 is 5.97 Å². The molecule has 0 aliphatic carbocycles. The summed E-state index contributed by atoms with van der Waals surface area (Å²) >= 11 is 0. The Morgan fingerprint density at radius 1 is 1.15 bits per heavy atom. The Hall–Kier alpha value is -3.86. The molecule has 0 saturated heterocycles. The largest absolute Gasteiger partial charge is 0.484 e. The summed E-state index contributed by atoms with van der Waals surface area (Å²) in [7, 11) is 0. The number of hydrogen-bond donors (Lipinski definition) is 2. The van der Waals surface area contributed by atoms with E-state index in [0.29, 0.717) is 17.0 Å². The summed E-state index contributed by atoms with van der Waals surface area (Å²) in [5.41, 5.74) is 5.83. The fourth-order valence-electron chi connectivity index (χ4n) is 2.05. The van der Waals surface area contributed by atoms with Crippen molar-refractivity contribution in [1.29, 1.82) is 5.26 Å². The van der Waals surface area contributed by atoms with Crippen molar-refractivity contribution in [1.82, 2.24) is 0 Å². The van der Waals surface area contributed by atoms with Gasteiger partial charge < -0.3 is 20.5 Å². The highest BCUT2D eigenvalue weighted by Crippen LogP contribution is 2.16. The molecular formula is C19H17N3O5. The molecule has 1 atom stereocenters. The molecular weight excluding hydrogens is 350 g/mol. The molecule has 0 heterocycles. The number of nitrogens with zero attached hydrogens (tertiary/aromatic N) is 1. The number of carbonyl (C=O) groups is 3. The second-order valence-electron chi connectivity index (χ2n) is 5.47. The maximum atomic E-state index is 12.2. The van der Waals surface area contributed by atoms with Crippen molar-refractivity contribution in [2.75, 3.05) is 11.9 Å². The molecule has 2 rings (SSSR count). The van der Waals surface area contributed by atoms with Crippen LogP contribution in [-0.2, 0) is 14.3 Å². The summed E-state index contributed by atoms with van der Waals surface area (Å²) in [5, 5.41) is 11.6. The van der Waals surface area contributed by atoms with Gasteiger partial charge in [-0.2, -0.15) is 5.26 Å². The van der Waals surface area contributed by atoms with Crippen molar-refractivity contribution >= 4 is 23.5 Å². The van der Waals surface area contributed by atoms with Gasteiger partial charge in [0.25, 0.3) is 11.8 Å². The zero-order chi connectivity index (χ0) is 19.8. The number of carbonyl (C=O) groups excluding carboxylic acids is 3. The fourth-order valence-corrected chi connectivity index (χ4v) is 2.05. The molecule has 27 heavy (non-hydrogen) atoms. The van der Waals surface area contributed by atoms with Crippen LogP contribution in [0.2, 0.25) is 0 Å². The standard InChI is InChI=1S/C19H17N3O5/c1-12(18(24)22-16-5-3-2-4-14(16)10-20)27-19(25)13-6-8-15(9-7-13)26-11-17(21)23/h2-9,12H,11H2,1H3,(H2,21,23)(H,22,24)/t12-/m0/s1. The van der Waals surface area contributed by atoms with Gasteiger partial charge in [0.15, 0.2) is 12.7 Å². The second kappa shape index (κ2) is 9.01. The summed E-state index contributed by atoms with van der Waals surface area (Å²) in [4.78, 5) is 35.0. The molecule has 0 aliphatic rings. The Balaban J connectivity index is 1.95. The van der Waals surface area contributed by atoms with Crippen LogP contribution in [0.4, 0.5) is 5.69 Å². The first kappa shape index (κ1) is 19.5. The van der Waals surface area contributed by atoms with Crippen LogP contribution < -0.4 is 15.8 Å². The molecule has 2 aromatic carbocycles. The van der Waals surface area contributed by atoms with Gasteiger partial charge in [0, 0.05) is 0 Å². The summed E-state index contributed by atoms with van der Waals surface area (Å²) in [6, 6.07) is 14.3. The van der Waals surface area contributed by atoms with Gasteiger partial charge in [-0.05, 0) is 43.3 Å². The molecule has 8 nitrogen and oxygen atoms in total. The zero-order valence-electron chi connectivity index (χ0n) is 14.5. The van der Waals surface area contributed by atoms with Crippen molar-refractivity contribution in [3.63, 3.8) is 0 Å². The first-order valence-electron chi connectivity index (χ1n) is 7.93. The van der Waals surface area contributed by atoms with Gasteiger partial charge in [0.2, 0.25) is 0 Å². The van der Waals surface area contributed by atoms with Crippen LogP contribution in [0.5, 0.6) is 5.75 Å². The maximum Gasteiger partial charge on any atom is 0.338 e. The molecule has 0 radical (unpaired) electrons. The van der Waals surface area contributed by atoms with E-state index in [9.17, 15) is 14.4 Å². The van der Waals surface area contributed by atoms with Crippen LogP contribution in [0.1, 0.15) is 22.8 Å². The number of rotatable bonds is 7. The lowest BCUT2D eigenvalue weighted by molar-refractivity contribution is -0.123. The topological polar surface area (TPSA) is 132 Å². The SMILES string of the molecule is C[C@H](OC(=O)c1ccc(OCC(N)=O)cc1)C(=O)Nc1ccccc1C#N. The molecule has 0 aromatic heterocycles. The minimum absolute atomic E-state index is 0.207. The van der Waals surface area contributed by atoms with E-state index >= 15 is 0 Å². The molecule has 2 aromatic rings. The Kier molecular flexibility index (Phi) is 6.49. The van der Waals surface area contributed by atoms with E-state index in [1.54, 1.807) is 24.3 Å². The van der Waals surface area contributed by atoms with Gasteiger partial charge in [0.05, 0.1) is 16.8 Å². The van der Waals surface area contributed by atoms with Gasteiger partial charge in [-0.1, -0.05) is 12.1 Å². The van der Waals surface area contributed by atoms with E-state index in [-0.39, 0.29) is 12.2 Å². The molecule has 0 bridgehead atoms. The van der Waals surface area contributed by atoms with E-state index in [2.05, 4.69) is 5.32 Å². The van der Waals surface area contributed by atoms with E-state index in [1.807, 2.05) is 6.07 Å². The number of nitrogens with two attached hydrogens (primary N) is 1. The summed E-state index contributed by atoms with van der Waals surface area (Å²) in [5.74, 6) is -1.51. The lowest BCUT2D eigenvalue weighted by Gasteiger charge is -2.14. The van der Waals surface area contributed by atoms with Gasteiger partial charge in [0.1, 0.15) is 11.8 Å². The highest BCUT2D eigenvalue weighted by Gasteiger charge is 2.20. The second-order valence-corrected chi connectivity index (χ2v) is 5.47. The first-order valence-corrected chi connectivity index (χ1v) is 7.93. The number of primary amides is 1. The maximum absolute atomic E-state index is 12.2. The number of hydrogen-bond acceptors (Lipinski definition) is 6. The van der Waals surface area contributed by atoms with E-state index < -0.39 is 23.9 Å². The molecule has 0 spiro atoms. The number of nitriles is 1. The smallest absolute Gasteiger partial charge is 0.338 e. The van der Waals surface area contributed by atoms with Crippen LogP contribution >= 0.6 is 0 Å². The number of esters is 1. The third-order valence-corrected chi connectivity index (χ3v) is 3.43. The van der Waals surface area contributed by atoms with Crippen LogP contribution in [0.3, 0.4) is 0 Å². The Morgan fingerprint density at radius 2 is 1.81 bits per heavy atom. The highest BCUT2D eigenvalue weighted by molar-refractivity contribution is 5.98. The number of anilines is 1. The van der Waals surface area contributed by atoms with E-state index in [4.69, 9.17) is 20.5 Å². The molecule has 0 saturated carbocycles. The van der Waals surface area contributed by atoms with Crippen LogP contribution in [0.25, 0.3) is 0 Å². The summed E-state index contributed by atoms with van der Waals surface area (Å²) < 4.78 is 10.2. The molecule has 0 fully saturated rings. The van der Waals surface area contributed by atoms with Crippen molar-refractivity contribution in [3.05, 3.63) is 59.7 Å². The number of para-hydroxylation sites is 1. The Morgan fingerprint density at radius 3 is 2.44 bits per heavy atom. The molecule has 0 aliphatic heterocycles. The van der Waals surface area contributed by atoms with E-state index in [0.717, 1.165) is 0 Å². The van der Waals surface area contributed by atoms with Gasteiger partial charge in [-0.25, -0.2) is 4.79 Å². The predicted octanol–water partition coefficient (Wildman–Crippen LogP) is 1.61. The van der Waals surface area contributed by atoms with E-state index in [1.165, 1.54) is 31.2 Å². The molecule has 3 N–H and O–H groups in total. The highest BCUT2D eigenvalue weighted by atomic mass is 16.5. The monoisotopic (exact) mass is 367 g/mol. The molecule has 0 unspecified atom stereocenters. The molecule has 138 valence electrons. The first-order chi connectivity index (χ1) is 12.9. The lowest BCUT2D eigenvalue weighted by Crippen LogP contribution is -2.30. The van der Waals surface area contributed by atoms with Crippen LogP contribution in [-0.4, -0.2) is 30.5 Å². The van der Waals surface area contributed by atoms with Crippen molar-refractivity contribution in [3.8, 4) is 11.8 Å². The minimum atomic E-state index is -1.07. The average Bonchev–Trinajstić information content (AvgIpc) is 2.67. The van der Waals surface area contributed by atoms with Crippen molar-refractivity contribution in [2.45, 2.75) is 13.0 Å². The van der Waals surface area contributed by atoms with Crippen molar-refractivity contribution < 1.29 is 23.9 Å². The normalized spacial score (nSPS) is 11.0. The minimum Gasteiger partial charge on any atom is -0.484 e. The van der Waals surface area contributed by atoms with Crippen LogP contribution in [0.15, 0.2) is 48.5 Å². The third kappa shape index (κ3) is 5.57. The molecule has 8 heteroatoms. The summed E-state index contributed by atoms with van der Waals surface area (Å²) in [6.45, 7) is 1.15. The van der Waals surface area contributed by atoms with Crippen molar-refractivity contribution in [2.24, 2.45) is 5.73 Å². The van der Waals surface area contributed by atoms with Gasteiger partial charge in [-0.15, -0.1) is 0 Å². The predicted molar refractivity (Wildman–Crippen MR) is 95.8 cm³/mol. The lowest BCUT2D eigenvalue weighted by atomic mass is 10.2. The number of ether oxygens (including phenoxy) is 2.